The lowest BCUT2D eigenvalue weighted by Gasteiger charge is -2.08. The maximum atomic E-state index is 11.3. The average Bonchev–Trinajstić information content (AvgIpc) is 2.03. The van der Waals surface area contributed by atoms with E-state index in [1.165, 1.54) is 5.57 Å². The molecule has 0 spiro atoms. The van der Waals surface area contributed by atoms with Crippen LogP contribution in [-0.4, -0.2) is 5.78 Å². The molecule has 0 saturated heterocycles. The Morgan fingerprint density at radius 2 is 2.00 bits per heavy atom. The minimum absolute atomic E-state index is 0.428. The highest BCUT2D eigenvalue weighted by molar-refractivity contribution is 5.78. The third-order valence-corrected chi connectivity index (χ3v) is 2.32. The SMILES string of the molecule is CCCC(=O)CC(C)CCC=C(C)C. The van der Waals surface area contributed by atoms with Crippen LogP contribution >= 0.6 is 0 Å². The van der Waals surface area contributed by atoms with E-state index in [1.807, 2.05) is 0 Å². The van der Waals surface area contributed by atoms with E-state index >= 15 is 0 Å². The summed E-state index contributed by atoms with van der Waals surface area (Å²) in [5, 5.41) is 0. The molecule has 1 unspecified atom stereocenters. The van der Waals surface area contributed by atoms with Crippen LogP contribution in [0.25, 0.3) is 0 Å². The Hall–Kier alpha value is -0.590. The van der Waals surface area contributed by atoms with Crippen molar-refractivity contribution >= 4 is 5.78 Å². The van der Waals surface area contributed by atoms with Crippen LogP contribution in [0, 0.1) is 5.92 Å². The number of carbonyl (C=O) groups excluding carboxylic acids is 1. The number of hydrogen-bond donors (Lipinski definition) is 0. The number of Topliss-reactive ketones (excluding diaryl/α,β-unsaturated/α-hetero) is 1. The van der Waals surface area contributed by atoms with Crippen molar-refractivity contribution in [2.45, 2.75) is 59.8 Å². The first kappa shape index (κ1) is 13.4. The van der Waals surface area contributed by atoms with E-state index < -0.39 is 0 Å². The van der Waals surface area contributed by atoms with Gasteiger partial charge in [-0.2, -0.15) is 0 Å². The van der Waals surface area contributed by atoms with Crippen LogP contribution < -0.4 is 0 Å². The van der Waals surface area contributed by atoms with Crippen molar-refractivity contribution in [2.24, 2.45) is 5.92 Å². The Balaban J connectivity index is 3.59. The molecule has 1 atom stereocenters. The summed E-state index contributed by atoms with van der Waals surface area (Å²) in [6.07, 6.45) is 7.02. The molecule has 0 bridgehead atoms. The molecule has 0 aliphatic rings. The molecular formula is C13H24O. The Kier molecular flexibility index (Phi) is 7.45. The maximum absolute atomic E-state index is 11.3. The molecule has 0 aliphatic heterocycles. The van der Waals surface area contributed by atoms with Crippen LogP contribution in [0.4, 0.5) is 0 Å². The molecule has 0 aromatic carbocycles. The summed E-state index contributed by atoms with van der Waals surface area (Å²) in [4.78, 5) is 11.3. The van der Waals surface area contributed by atoms with Crippen molar-refractivity contribution in [3.63, 3.8) is 0 Å². The Morgan fingerprint density at radius 3 is 2.50 bits per heavy atom. The van der Waals surface area contributed by atoms with E-state index in [0.717, 1.165) is 32.1 Å². The molecule has 0 N–H and O–H groups in total. The van der Waals surface area contributed by atoms with Gasteiger partial charge in [-0.05, 0) is 39.0 Å². The standard InChI is InChI=1S/C13H24O/c1-5-7-13(14)10-12(4)9-6-8-11(2)3/h8,12H,5-7,9-10H2,1-4H3. The van der Waals surface area contributed by atoms with Gasteiger partial charge in [-0.25, -0.2) is 0 Å². The van der Waals surface area contributed by atoms with Gasteiger partial charge in [0, 0.05) is 12.8 Å². The van der Waals surface area contributed by atoms with E-state index in [1.54, 1.807) is 0 Å². The van der Waals surface area contributed by atoms with Gasteiger partial charge in [-0.15, -0.1) is 0 Å². The lowest BCUT2D eigenvalue weighted by atomic mass is 9.97. The van der Waals surface area contributed by atoms with Crippen molar-refractivity contribution in [3.05, 3.63) is 11.6 Å². The molecule has 0 amide bonds. The molecule has 0 fully saturated rings. The molecule has 14 heavy (non-hydrogen) atoms. The van der Waals surface area contributed by atoms with E-state index in [-0.39, 0.29) is 0 Å². The highest BCUT2D eigenvalue weighted by atomic mass is 16.1. The van der Waals surface area contributed by atoms with Gasteiger partial charge in [-0.1, -0.05) is 25.5 Å². The second-order valence-electron chi connectivity index (χ2n) is 4.46. The smallest absolute Gasteiger partial charge is 0.133 e. The lowest BCUT2D eigenvalue weighted by Crippen LogP contribution is -2.04. The van der Waals surface area contributed by atoms with Crippen LogP contribution in [0.1, 0.15) is 59.8 Å². The third kappa shape index (κ3) is 8.03. The van der Waals surface area contributed by atoms with Gasteiger partial charge < -0.3 is 0 Å². The van der Waals surface area contributed by atoms with Crippen molar-refractivity contribution < 1.29 is 4.79 Å². The second kappa shape index (κ2) is 7.78. The molecule has 82 valence electrons. The molecule has 0 aliphatic carbocycles. The molecular weight excluding hydrogens is 172 g/mol. The van der Waals surface area contributed by atoms with E-state index in [9.17, 15) is 4.79 Å². The van der Waals surface area contributed by atoms with Gasteiger partial charge in [0.1, 0.15) is 5.78 Å². The molecule has 0 rings (SSSR count). The zero-order chi connectivity index (χ0) is 11.0. The summed E-state index contributed by atoms with van der Waals surface area (Å²) < 4.78 is 0. The van der Waals surface area contributed by atoms with Gasteiger partial charge in [0.15, 0.2) is 0 Å². The Morgan fingerprint density at radius 1 is 1.36 bits per heavy atom. The van der Waals surface area contributed by atoms with Crippen LogP contribution in [0.3, 0.4) is 0 Å². The largest absolute Gasteiger partial charge is 0.300 e. The number of carbonyl (C=O) groups is 1. The number of allylic oxidation sites excluding steroid dienone is 2. The number of hydrogen-bond acceptors (Lipinski definition) is 1. The molecule has 0 aromatic rings. The number of ketones is 1. The zero-order valence-electron chi connectivity index (χ0n) is 10.1. The zero-order valence-corrected chi connectivity index (χ0v) is 10.1. The minimum atomic E-state index is 0.428. The quantitative estimate of drug-likeness (QED) is 0.560. The van der Waals surface area contributed by atoms with E-state index in [0.29, 0.717) is 11.7 Å². The van der Waals surface area contributed by atoms with Gasteiger partial charge in [0.25, 0.3) is 0 Å². The minimum Gasteiger partial charge on any atom is -0.300 e. The Labute approximate surface area is 88.6 Å². The van der Waals surface area contributed by atoms with Crippen LogP contribution in [0.15, 0.2) is 11.6 Å². The van der Waals surface area contributed by atoms with Crippen LogP contribution in [0.5, 0.6) is 0 Å². The van der Waals surface area contributed by atoms with Crippen molar-refractivity contribution in [1.82, 2.24) is 0 Å². The first-order chi connectivity index (χ1) is 6.56. The summed E-state index contributed by atoms with van der Waals surface area (Å²) in [5.74, 6) is 0.974. The van der Waals surface area contributed by atoms with Crippen molar-refractivity contribution in [2.75, 3.05) is 0 Å². The average molecular weight is 196 g/mol. The molecule has 0 heterocycles. The maximum Gasteiger partial charge on any atom is 0.133 e. The van der Waals surface area contributed by atoms with Crippen molar-refractivity contribution in [3.8, 4) is 0 Å². The first-order valence-corrected chi connectivity index (χ1v) is 5.71. The predicted molar refractivity (Wildman–Crippen MR) is 62.4 cm³/mol. The van der Waals surface area contributed by atoms with Crippen LogP contribution in [0.2, 0.25) is 0 Å². The summed E-state index contributed by atoms with van der Waals surface area (Å²) >= 11 is 0. The summed E-state index contributed by atoms with van der Waals surface area (Å²) in [6.45, 7) is 8.47. The fourth-order valence-electron chi connectivity index (χ4n) is 1.53. The van der Waals surface area contributed by atoms with E-state index in [4.69, 9.17) is 0 Å². The van der Waals surface area contributed by atoms with Gasteiger partial charge >= 0.3 is 0 Å². The fraction of sp³-hybridized carbons (Fsp3) is 0.769. The summed E-state index contributed by atoms with van der Waals surface area (Å²) in [5.41, 5.74) is 1.37. The summed E-state index contributed by atoms with van der Waals surface area (Å²) in [6, 6.07) is 0. The monoisotopic (exact) mass is 196 g/mol. The molecule has 1 nitrogen and oxygen atoms in total. The molecule has 0 saturated carbocycles. The summed E-state index contributed by atoms with van der Waals surface area (Å²) in [7, 11) is 0. The lowest BCUT2D eigenvalue weighted by molar-refractivity contribution is -0.119. The van der Waals surface area contributed by atoms with Crippen molar-refractivity contribution in [1.29, 1.82) is 0 Å². The fourth-order valence-corrected chi connectivity index (χ4v) is 1.53. The molecule has 0 aromatic heterocycles. The predicted octanol–water partition coefficient (Wildman–Crippen LogP) is 4.13. The Bertz CT molecular complexity index is 187. The first-order valence-electron chi connectivity index (χ1n) is 5.71. The highest BCUT2D eigenvalue weighted by Crippen LogP contribution is 2.13. The van der Waals surface area contributed by atoms with Gasteiger partial charge in [-0.3, -0.25) is 4.79 Å². The second-order valence-corrected chi connectivity index (χ2v) is 4.46. The van der Waals surface area contributed by atoms with Crippen LogP contribution in [-0.2, 0) is 4.79 Å². The molecule has 0 radical (unpaired) electrons. The highest BCUT2D eigenvalue weighted by Gasteiger charge is 2.07. The van der Waals surface area contributed by atoms with E-state index in [2.05, 4.69) is 33.8 Å². The number of rotatable bonds is 7. The topological polar surface area (TPSA) is 17.1 Å². The van der Waals surface area contributed by atoms with Gasteiger partial charge in [0.05, 0.1) is 0 Å². The molecule has 1 heteroatoms. The third-order valence-electron chi connectivity index (χ3n) is 2.32. The van der Waals surface area contributed by atoms with Gasteiger partial charge in [0.2, 0.25) is 0 Å². The normalized spacial score (nSPS) is 12.3.